The Kier molecular flexibility index (Phi) is 4.67. The number of hydrogen-bond acceptors (Lipinski definition) is 1. The highest BCUT2D eigenvalue weighted by Gasteiger charge is 2.38. The molecule has 1 saturated carbocycles. The van der Waals surface area contributed by atoms with Crippen molar-refractivity contribution in [1.29, 1.82) is 0 Å². The first-order valence-corrected chi connectivity index (χ1v) is 8.40. The first kappa shape index (κ1) is 14.7. The largest absolute Gasteiger partial charge is 0.128 e. The third-order valence-electron chi connectivity index (χ3n) is 4.30. The van der Waals surface area contributed by atoms with E-state index < -0.39 is 0 Å². The minimum Gasteiger partial charge on any atom is -0.128 e. The van der Waals surface area contributed by atoms with Gasteiger partial charge >= 0.3 is 0 Å². The highest BCUT2D eigenvalue weighted by molar-refractivity contribution is 7.16. The van der Waals surface area contributed by atoms with Crippen LogP contribution in [0.25, 0.3) is 0 Å². The smallest absolute Gasteiger partial charge is 0.0931 e. The molecule has 1 aliphatic carbocycles. The van der Waals surface area contributed by atoms with Gasteiger partial charge in [0, 0.05) is 10.3 Å². The molecule has 1 aliphatic rings. The molecular weight excluding hydrogens is 283 g/mol. The molecule has 102 valence electrons. The van der Waals surface area contributed by atoms with Crippen molar-refractivity contribution in [2.45, 2.75) is 51.8 Å². The normalized spacial score (nSPS) is 29.5. The number of hydrogen-bond donors (Lipinski definition) is 0. The molecular formula is C15H22Cl2S. The summed E-state index contributed by atoms with van der Waals surface area (Å²) in [5, 5.41) is 0.333. The quantitative estimate of drug-likeness (QED) is 0.599. The molecule has 0 spiro atoms. The summed E-state index contributed by atoms with van der Waals surface area (Å²) in [6, 6.07) is 4.15. The Morgan fingerprint density at radius 1 is 1.33 bits per heavy atom. The van der Waals surface area contributed by atoms with E-state index in [1.54, 1.807) is 11.3 Å². The van der Waals surface area contributed by atoms with Gasteiger partial charge < -0.3 is 0 Å². The number of alkyl halides is 1. The van der Waals surface area contributed by atoms with Gasteiger partial charge in [0.05, 0.1) is 4.34 Å². The maximum absolute atomic E-state index is 6.61. The summed E-state index contributed by atoms with van der Waals surface area (Å²) < 4.78 is 0.889. The molecule has 1 aromatic heterocycles. The van der Waals surface area contributed by atoms with Crippen molar-refractivity contribution in [3.63, 3.8) is 0 Å². The van der Waals surface area contributed by atoms with E-state index in [9.17, 15) is 0 Å². The van der Waals surface area contributed by atoms with Gasteiger partial charge in [-0.15, -0.1) is 22.9 Å². The van der Waals surface area contributed by atoms with Gasteiger partial charge in [0.1, 0.15) is 0 Å². The van der Waals surface area contributed by atoms with Crippen LogP contribution in [0, 0.1) is 17.3 Å². The van der Waals surface area contributed by atoms with Crippen molar-refractivity contribution in [1.82, 2.24) is 0 Å². The number of rotatable bonds is 3. The van der Waals surface area contributed by atoms with E-state index in [1.165, 1.54) is 24.1 Å². The lowest BCUT2D eigenvalue weighted by atomic mass is 9.67. The molecule has 0 radical (unpaired) electrons. The standard InChI is InChI=1S/C15H22Cl2S/c1-10-4-6-12(13(16)8-10)15(2,3)9-11-5-7-14(17)18-11/h5,7,10,12-13H,4,6,8-9H2,1-3H3. The Hall–Kier alpha value is 0.280. The van der Waals surface area contributed by atoms with Crippen molar-refractivity contribution < 1.29 is 0 Å². The lowest BCUT2D eigenvalue weighted by Crippen LogP contribution is -2.37. The van der Waals surface area contributed by atoms with Crippen LogP contribution in [0.2, 0.25) is 4.34 Å². The molecule has 3 atom stereocenters. The molecule has 0 bridgehead atoms. The average Bonchev–Trinajstić information content (AvgIpc) is 2.62. The summed E-state index contributed by atoms with van der Waals surface area (Å²) in [5.74, 6) is 1.41. The molecule has 18 heavy (non-hydrogen) atoms. The Morgan fingerprint density at radius 2 is 2.06 bits per heavy atom. The Labute approximate surface area is 125 Å². The van der Waals surface area contributed by atoms with Gasteiger partial charge in [-0.25, -0.2) is 0 Å². The van der Waals surface area contributed by atoms with Gasteiger partial charge in [-0.05, 0) is 48.6 Å². The van der Waals surface area contributed by atoms with Gasteiger partial charge in [-0.1, -0.05) is 38.8 Å². The summed E-state index contributed by atoms with van der Waals surface area (Å²) in [6.07, 6.45) is 4.84. The second-order valence-corrected chi connectivity index (χ2v) is 8.77. The van der Waals surface area contributed by atoms with E-state index in [2.05, 4.69) is 26.8 Å². The molecule has 1 aromatic rings. The average molecular weight is 305 g/mol. The van der Waals surface area contributed by atoms with E-state index in [-0.39, 0.29) is 5.41 Å². The van der Waals surface area contributed by atoms with Gasteiger partial charge in [0.2, 0.25) is 0 Å². The fourth-order valence-electron chi connectivity index (χ4n) is 3.22. The maximum Gasteiger partial charge on any atom is 0.0931 e. The summed E-state index contributed by atoms with van der Waals surface area (Å²) >= 11 is 14.3. The van der Waals surface area contributed by atoms with Crippen LogP contribution in [0.15, 0.2) is 12.1 Å². The Morgan fingerprint density at radius 3 is 2.61 bits per heavy atom. The highest BCUT2D eigenvalue weighted by atomic mass is 35.5. The summed E-state index contributed by atoms with van der Waals surface area (Å²) in [5.41, 5.74) is 0.265. The molecule has 0 aromatic carbocycles. The minimum absolute atomic E-state index is 0.265. The maximum atomic E-state index is 6.61. The molecule has 3 heteroatoms. The predicted molar refractivity (Wildman–Crippen MR) is 83.0 cm³/mol. The molecule has 0 saturated heterocycles. The monoisotopic (exact) mass is 304 g/mol. The zero-order valence-corrected chi connectivity index (χ0v) is 13.7. The van der Waals surface area contributed by atoms with E-state index in [0.717, 1.165) is 16.7 Å². The van der Waals surface area contributed by atoms with Crippen molar-refractivity contribution in [2.75, 3.05) is 0 Å². The zero-order chi connectivity index (χ0) is 13.3. The lowest BCUT2D eigenvalue weighted by molar-refractivity contribution is 0.142. The highest BCUT2D eigenvalue weighted by Crippen LogP contribution is 2.45. The van der Waals surface area contributed by atoms with Crippen LogP contribution >= 0.6 is 34.5 Å². The van der Waals surface area contributed by atoms with Crippen molar-refractivity contribution in [3.8, 4) is 0 Å². The Bertz CT molecular complexity index is 397. The topological polar surface area (TPSA) is 0 Å². The molecule has 2 rings (SSSR count). The molecule has 0 nitrogen and oxygen atoms in total. The number of halogens is 2. The van der Waals surface area contributed by atoms with Crippen LogP contribution in [0.4, 0.5) is 0 Å². The van der Waals surface area contributed by atoms with Crippen LogP contribution in [-0.4, -0.2) is 5.38 Å². The first-order chi connectivity index (χ1) is 8.38. The van der Waals surface area contributed by atoms with E-state index in [0.29, 0.717) is 11.3 Å². The minimum atomic E-state index is 0.265. The van der Waals surface area contributed by atoms with Crippen LogP contribution in [0.5, 0.6) is 0 Å². The van der Waals surface area contributed by atoms with Gasteiger partial charge in [-0.2, -0.15) is 0 Å². The van der Waals surface area contributed by atoms with Crippen LogP contribution in [0.1, 0.15) is 44.9 Å². The molecule has 0 amide bonds. The van der Waals surface area contributed by atoms with E-state index in [1.807, 2.05) is 6.07 Å². The molecule has 3 unspecified atom stereocenters. The van der Waals surface area contributed by atoms with Gasteiger partial charge in [0.25, 0.3) is 0 Å². The predicted octanol–water partition coefficient (Wildman–Crippen LogP) is 6.01. The van der Waals surface area contributed by atoms with Gasteiger partial charge in [-0.3, -0.25) is 0 Å². The Balaban J connectivity index is 2.05. The summed E-state index contributed by atoms with van der Waals surface area (Å²) in [7, 11) is 0. The van der Waals surface area contributed by atoms with Gasteiger partial charge in [0.15, 0.2) is 0 Å². The van der Waals surface area contributed by atoms with Crippen molar-refractivity contribution in [3.05, 3.63) is 21.3 Å². The first-order valence-electron chi connectivity index (χ1n) is 6.77. The molecule has 1 heterocycles. The van der Waals surface area contributed by atoms with E-state index >= 15 is 0 Å². The lowest BCUT2D eigenvalue weighted by Gasteiger charge is -2.41. The summed E-state index contributed by atoms with van der Waals surface area (Å²) in [6.45, 7) is 7.03. The third-order valence-corrected chi connectivity index (χ3v) is 6.01. The summed E-state index contributed by atoms with van der Waals surface area (Å²) in [4.78, 5) is 1.38. The van der Waals surface area contributed by atoms with Crippen molar-refractivity contribution in [2.24, 2.45) is 17.3 Å². The fourth-order valence-corrected chi connectivity index (χ4v) is 5.32. The molecule has 1 fully saturated rings. The fraction of sp³-hybridized carbons (Fsp3) is 0.733. The SMILES string of the molecule is CC1CCC(C(C)(C)Cc2ccc(Cl)s2)C(Cl)C1. The molecule has 0 N–H and O–H groups in total. The van der Waals surface area contributed by atoms with Crippen LogP contribution in [-0.2, 0) is 6.42 Å². The van der Waals surface area contributed by atoms with Crippen LogP contribution < -0.4 is 0 Å². The van der Waals surface area contributed by atoms with Crippen molar-refractivity contribution >= 4 is 34.5 Å². The zero-order valence-electron chi connectivity index (χ0n) is 11.4. The third kappa shape index (κ3) is 3.43. The number of thiophene rings is 1. The second-order valence-electron chi connectivity index (χ2n) is 6.41. The van der Waals surface area contributed by atoms with Crippen LogP contribution in [0.3, 0.4) is 0 Å². The van der Waals surface area contributed by atoms with E-state index in [4.69, 9.17) is 23.2 Å². The molecule has 0 aliphatic heterocycles. The second kappa shape index (κ2) is 5.73.